The number of carboxylic acids is 1. The molecule has 1 N–H and O–H groups in total. The zero-order valence-electron chi connectivity index (χ0n) is 15.8. The van der Waals surface area contributed by atoms with E-state index in [1.54, 1.807) is 0 Å². The summed E-state index contributed by atoms with van der Waals surface area (Å²) in [6, 6.07) is 0. The van der Waals surface area contributed by atoms with Crippen LogP contribution in [0.1, 0.15) is 71.1 Å². The molecule has 0 aliphatic carbocycles. The number of thioether (sulfide) groups is 1. The van der Waals surface area contributed by atoms with Gasteiger partial charge in [0, 0.05) is 18.9 Å². The second-order valence-corrected chi connectivity index (χ2v) is 8.73. The Morgan fingerprint density at radius 3 is 2.64 bits per heavy atom. The Bertz CT molecular complexity index is 377. The van der Waals surface area contributed by atoms with Crippen molar-refractivity contribution in [3.8, 4) is 0 Å². The van der Waals surface area contributed by atoms with Crippen LogP contribution in [0.4, 0.5) is 0 Å². The summed E-state index contributed by atoms with van der Waals surface area (Å²) in [5.41, 5.74) is 0. The van der Waals surface area contributed by atoms with E-state index in [1.165, 1.54) is 44.9 Å². The molecule has 0 aromatic rings. The summed E-state index contributed by atoms with van der Waals surface area (Å²) in [6.45, 7) is 4.02. The minimum atomic E-state index is -0.679. The zero-order valence-corrected chi connectivity index (χ0v) is 16.6. The summed E-state index contributed by atoms with van der Waals surface area (Å²) < 4.78 is 12.1. The van der Waals surface area contributed by atoms with Crippen molar-refractivity contribution >= 4 is 17.7 Å². The van der Waals surface area contributed by atoms with E-state index in [9.17, 15) is 4.79 Å². The summed E-state index contributed by atoms with van der Waals surface area (Å²) in [6.07, 6.45) is 11.7. The molecule has 146 valence electrons. The minimum absolute atomic E-state index is 0.304. The van der Waals surface area contributed by atoms with Gasteiger partial charge in [0.15, 0.2) is 0 Å². The van der Waals surface area contributed by atoms with Gasteiger partial charge >= 0.3 is 5.97 Å². The minimum Gasteiger partial charge on any atom is -0.481 e. The highest BCUT2D eigenvalue weighted by molar-refractivity contribution is 7.99. The van der Waals surface area contributed by atoms with Crippen LogP contribution in [0.15, 0.2) is 0 Å². The van der Waals surface area contributed by atoms with Gasteiger partial charge in [-0.05, 0) is 55.9 Å². The first-order valence-corrected chi connectivity index (χ1v) is 11.4. The van der Waals surface area contributed by atoms with E-state index < -0.39 is 5.97 Å². The average Bonchev–Trinajstić information content (AvgIpc) is 3.19. The highest BCUT2D eigenvalue weighted by Crippen LogP contribution is 2.45. The Hall–Kier alpha value is -0.260. The predicted molar refractivity (Wildman–Crippen MR) is 103 cm³/mol. The molecule has 4 atom stereocenters. The number of fused-ring (bicyclic) bond motifs is 2. The van der Waals surface area contributed by atoms with Crippen molar-refractivity contribution in [3.05, 3.63) is 0 Å². The molecule has 0 saturated carbocycles. The molecule has 0 spiro atoms. The van der Waals surface area contributed by atoms with Crippen molar-refractivity contribution < 1.29 is 19.4 Å². The van der Waals surface area contributed by atoms with Crippen molar-refractivity contribution in [2.45, 2.75) is 83.3 Å². The van der Waals surface area contributed by atoms with E-state index in [2.05, 4.69) is 6.92 Å². The third-order valence-corrected chi connectivity index (χ3v) is 6.67. The van der Waals surface area contributed by atoms with Crippen LogP contribution in [0.3, 0.4) is 0 Å². The lowest BCUT2D eigenvalue weighted by atomic mass is 9.78. The average molecular weight is 373 g/mol. The maximum Gasteiger partial charge on any atom is 0.303 e. The number of carboxylic acid groups (broad SMARTS) is 1. The van der Waals surface area contributed by atoms with Crippen molar-refractivity contribution in [2.75, 3.05) is 24.7 Å². The Morgan fingerprint density at radius 1 is 1.08 bits per heavy atom. The van der Waals surface area contributed by atoms with Crippen molar-refractivity contribution in [1.29, 1.82) is 0 Å². The number of rotatable bonds is 15. The highest BCUT2D eigenvalue weighted by Gasteiger charge is 2.48. The van der Waals surface area contributed by atoms with Crippen LogP contribution in [0, 0.1) is 11.8 Å². The fourth-order valence-corrected chi connectivity index (χ4v) is 5.20. The Balaban J connectivity index is 1.57. The molecule has 5 heteroatoms. The maximum absolute atomic E-state index is 10.5. The van der Waals surface area contributed by atoms with Gasteiger partial charge < -0.3 is 14.6 Å². The van der Waals surface area contributed by atoms with Crippen LogP contribution in [-0.4, -0.2) is 48.0 Å². The van der Waals surface area contributed by atoms with Crippen LogP contribution in [0.5, 0.6) is 0 Å². The van der Waals surface area contributed by atoms with E-state index in [0.717, 1.165) is 37.6 Å². The fraction of sp³-hybridized carbons (Fsp3) is 0.950. The van der Waals surface area contributed by atoms with Crippen molar-refractivity contribution in [3.63, 3.8) is 0 Å². The summed E-state index contributed by atoms with van der Waals surface area (Å²) in [4.78, 5) is 10.5. The van der Waals surface area contributed by atoms with Crippen LogP contribution >= 0.6 is 11.8 Å². The van der Waals surface area contributed by atoms with Gasteiger partial charge in [-0.1, -0.05) is 26.2 Å². The molecule has 0 radical (unpaired) electrons. The normalized spacial score (nSPS) is 27.9. The first kappa shape index (κ1) is 21.0. The Kier molecular flexibility index (Phi) is 10.3. The molecule has 0 aromatic carbocycles. The number of unbranched alkanes of at least 4 members (excludes halogenated alkanes) is 4. The highest BCUT2D eigenvalue weighted by atomic mass is 32.2. The van der Waals surface area contributed by atoms with Crippen LogP contribution < -0.4 is 0 Å². The van der Waals surface area contributed by atoms with Crippen molar-refractivity contribution in [1.82, 2.24) is 0 Å². The van der Waals surface area contributed by atoms with Gasteiger partial charge in [-0.3, -0.25) is 4.79 Å². The first-order valence-electron chi connectivity index (χ1n) is 10.2. The number of ether oxygens (including phenoxy) is 2. The van der Waals surface area contributed by atoms with E-state index >= 15 is 0 Å². The molecule has 0 amide bonds. The lowest BCUT2D eigenvalue weighted by molar-refractivity contribution is -0.137. The van der Waals surface area contributed by atoms with E-state index in [-0.39, 0.29) is 0 Å². The molecule has 2 rings (SSSR count). The summed E-state index contributed by atoms with van der Waals surface area (Å²) in [7, 11) is 0. The molecule has 4 unspecified atom stereocenters. The van der Waals surface area contributed by atoms with Gasteiger partial charge in [0.05, 0.1) is 18.8 Å². The SMILES string of the molecule is CCCCCCOCC1C2CCC(O2)C1CCSCCCCC(=O)O. The van der Waals surface area contributed by atoms with Gasteiger partial charge in [0.1, 0.15) is 0 Å². The molecule has 25 heavy (non-hydrogen) atoms. The second-order valence-electron chi connectivity index (χ2n) is 7.51. The van der Waals surface area contributed by atoms with Gasteiger partial charge in [-0.25, -0.2) is 0 Å². The molecule has 2 fully saturated rings. The monoisotopic (exact) mass is 372 g/mol. The van der Waals surface area contributed by atoms with Gasteiger partial charge in [0.25, 0.3) is 0 Å². The molecule has 2 aliphatic rings. The zero-order chi connectivity index (χ0) is 17.9. The number of hydrogen-bond acceptors (Lipinski definition) is 4. The third-order valence-electron chi connectivity index (χ3n) is 5.57. The molecular formula is C20H36O4S. The Labute approximate surface area is 157 Å². The van der Waals surface area contributed by atoms with Crippen LogP contribution in [0.2, 0.25) is 0 Å². The smallest absolute Gasteiger partial charge is 0.303 e. The quantitative estimate of drug-likeness (QED) is 0.420. The van der Waals surface area contributed by atoms with Gasteiger partial charge in [-0.15, -0.1) is 0 Å². The molecule has 4 nitrogen and oxygen atoms in total. The topological polar surface area (TPSA) is 55.8 Å². The van der Waals surface area contributed by atoms with Crippen LogP contribution in [0.25, 0.3) is 0 Å². The summed E-state index contributed by atoms with van der Waals surface area (Å²) >= 11 is 1.97. The number of hydrogen-bond donors (Lipinski definition) is 1. The van der Waals surface area contributed by atoms with Crippen LogP contribution in [-0.2, 0) is 14.3 Å². The van der Waals surface area contributed by atoms with Gasteiger partial charge in [-0.2, -0.15) is 11.8 Å². The molecule has 0 aromatic heterocycles. The lowest BCUT2D eigenvalue weighted by Gasteiger charge is -2.27. The summed E-state index contributed by atoms with van der Waals surface area (Å²) in [5.74, 6) is 2.82. The second kappa shape index (κ2) is 12.2. The molecular weight excluding hydrogens is 336 g/mol. The maximum atomic E-state index is 10.5. The standard InChI is InChI=1S/C20H36O4S/c1-2-3-4-6-12-23-15-17-16(18-9-10-19(17)24-18)11-14-25-13-7-5-8-20(21)22/h16-19H,2-15H2,1H3,(H,21,22). The van der Waals surface area contributed by atoms with E-state index in [1.807, 2.05) is 11.8 Å². The fourth-order valence-electron chi connectivity index (χ4n) is 4.15. The largest absolute Gasteiger partial charge is 0.481 e. The molecule has 2 bridgehead atoms. The number of carbonyl (C=O) groups is 1. The lowest BCUT2D eigenvalue weighted by Crippen LogP contribution is -2.31. The number of aliphatic carboxylic acids is 1. The Morgan fingerprint density at radius 2 is 1.88 bits per heavy atom. The van der Waals surface area contributed by atoms with Crippen molar-refractivity contribution in [2.24, 2.45) is 11.8 Å². The molecule has 2 aliphatic heterocycles. The van der Waals surface area contributed by atoms with Gasteiger partial charge in [0.2, 0.25) is 0 Å². The van der Waals surface area contributed by atoms with E-state index in [0.29, 0.717) is 30.5 Å². The molecule has 2 heterocycles. The summed E-state index contributed by atoms with van der Waals surface area (Å²) in [5, 5.41) is 8.65. The first-order chi connectivity index (χ1) is 12.2. The molecule has 2 saturated heterocycles. The predicted octanol–water partition coefficient (Wildman–Crippen LogP) is 4.76. The van der Waals surface area contributed by atoms with E-state index in [4.69, 9.17) is 14.6 Å². The third kappa shape index (κ3) is 7.48.